The summed E-state index contributed by atoms with van der Waals surface area (Å²) in [6.07, 6.45) is 0. The maximum Gasteiger partial charge on any atom is 0.566 e. The van der Waals surface area contributed by atoms with Crippen LogP contribution in [0.25, 0.3) is 0 Å². The molecule has 1 aliphatic heterocycles. The summed E-state index contributed by atoms with van der Waals surface area (Å²) in [7, 11) is 1.22. The minimum Gasteiger partial charge on any atom is -0.216 e. The van der Waals surface area contributed by atoms with Crippen molar-refractivity contribution in [1.82, 2.24) is 10.3 Å². The van der Waals surface area contributed by atoms with Crippen molar-refractivity contribution in [2.45, 2.75) is 0 Å². The van der Waals surface area contributed by atoms with E-state index >= 15 is 0 Å². The first kappa shape index (κ1) is 5.67. The van der Waals surface area contributed by atoms with E-state index in [4.69, 9.17) is 0 Å². The fourth-order valence-electron chi connectivity index (χ4n) is 0.433. The van der Waals surface area contributed by atoms with E-state index in [2.05, 4.69) is 0 Å². The van der Waals surface area contributed by atoms with E-state index in [-0.39, 0.29) is 4.87 Å². The predicted octanol–water partition coefficient (Wildman–Crippen LogP) is -0.545. The maximum absolute atomic E-state index is 10.4. The number of urea groups is 2. The number of hydrazine groups is 1. The SMILES string of the molecule is CN1C(=O)N[N+](=O)C1=O. The van der Waals surface area contributed by atoms with Gasteiger partial charge in [0.05, 0.1) is 7.05 Å². The molecule has 1 rings (SSSR count). The highest BCUT2D eigenvalue weighted by Gasteiger charge is 2.43. The normalized spacial score (nSPS) is 18.8. The van der Waals surface area contributed by atoms with Crippen molar-refractivity contribution in [2.24, 2.45) is 0 Å². The van der Waals surface area contributed by atoms with E-state index in [0.29, 0.717) is 4.90 Å². The molecule has 1 aliphatic rings. The van der Waals surface area contributed by atoms with Crippen LogP contribution in [0.5, 0.6) is 0 Å². The van der Waals surface area contributed by atoms with Gasteiger partial charge in [-0.25, -0.2) is 4.79 Å². The maximum atomic E-state index is 10.4. The molecule has 9 heavy (non-hydrogen) atoms. The Morgan fingerprint density at radius 2 is 2.11 bits per heavy atom. The number of imide groups is 1. The Labute approximate surface area is 50.0 Å². The smallest absolute Gasteiger partial charge is 0.216 e. The molecule has 1 saturated heterocycles. The van der Waals surface area contributed by atoms with Gasteiger partial charge < -0.3 is 0 Å². The van der Waals surface area contributed by atoms with E-state index in [1.807, 2.05) is 0 Å². The summed E-state index contributed by atoms with van der Waals surface area (Å²) in [6, 6.07) is -1.59. The minimum absolute atomic E-state index is 0.123. The number of nitrogens with zero attached hydrogens (tertiary/aromatic N) is 2. The van der Waals surface area contributed by atoms with Gasteiger partial charge in [-0.1, -0.05) is 0 Å². The van der Waals surface area contributed by atoms with Crippen LogP contribution in [0.4, 0.5) is 9.59 Å². The highest BCUT2D eigenvalue weighted by Crippen LogP contribution is 1.95. The van der Waals surface area contributed by atoms with Crippen molar-refractivity contribution in [2.75, 3.05) is 7.05 Å². The van der Waals surface area contributed by atoms with Gasteiger partial charge in [-0.05, 0) is 4.91 Å². The van der Waals surface area contributed by atoms with Crippen LogP contribution >= 0.6 is 0 Å². The van der Waals surface area contributed by atoms with Gasteiger partial charge in [-0.2, -0.15) is 4.79 Å². The summed E-state index contributed by atoms with van der Waals surface area (Å²) >= 11 is 0. The Kier molecular flexibility index (Phi) is 0.950. The standard InChI is InChI=1S/C3H3N3O3/c1-5-2(7)4-6(9)3(5)8/h1H3/p+1. The molecule has 0 aromatic rings. The summed E-state index contributed by atoms with van der Waals surface area (Å²) in [5.74, 6) is 0. The molecule has 48 valence electrons. The van der Waals surface area contributed by atoms with Crippen molar-refractivity contribution in [3.05, 3.63) is 4.91 Å². The van der Waals surface area contributed by atoms with Gasteiger partial charge in [0, 0.05) is 0 Å². The Morgan fingerprint density at radius 1 is 1.56 bits per heavy atom. The zero-order valence-electron chi connectivity index (χ0n) is 4.62. The Bertz CT molecular complexity index is 198. The molecular formula is C3H4N3O3+. The molecule has 0 spiro atoms. The molecular weight excluding hydrogens is 126 g/mol. The Balaban J connectivity index is 2.90. The van der Waals surface area contributed by atoms with E-state index in [9.17, 15) is 14.5 Å². The van der Waals surface area contributed by atoms with Gasteiger partial charge in [0.25, 0.3) is 0 Å². The number of hydrogen-bond acceptors (Lipinski definition) is 3. The third-order valence-corrected chi connectivity index (χ3v) is 0.962. The lowest BCUT2D eigenvalue weighted by atomic mass is 10.8. The van der Waals surface area contributed by atoms with Crippen LogP contribution in [-0.2, 0) is 0 Å². The first-order chi connectivity index (χ1) is 4.13. The molecule has 1 heterocycles. The van der Waals surface area contributed by atoms with Gasteiger partial charge >= 0.3 is 12.1 Å². The van der Waals surface area contributed by atoms with Crippen molar-refractivity contribution in [3.8, 4) is 0 Å². The summed E-state index contributed by atoms with van der Waals surface area (Å²) in [4.78, 5) is 31.5. The summed E-state index contributed by atoms with van der Waals surface area (Å²) in [6.45, 7) is 0. The molecule has 0 aromatic carbocycles. The van der Waals surface area contributed by atoms with Crippen molar-refractivity contribution in [3.63, 3.8) is 0 Å². The molecule has 0 bridgehead atoms. The highest BCUT2D eigenvalue weighted by atomic mass is 16.4. The second kappa shape index (κ2) is 1.51. The fourth-order valence-corrected chi connectivity index (χ4v) is 0.433. The third-order valence-electron chi connectivity index (χ3n) is 0.962. The number of nitroso groups, excluding NO2 is 1. The lowest BCUT2D eigenvalue weighted by Gasteiger charge is -1.84. The monoisotopic (exact) mass is 130 g/mol. The van der Waals surface area contributed by atoms with Crippen LogP contribution in [-0.4, -0.2) is 28.9 Å². The molecule has 1 fully saturated rings. The van der Waals surface area contributed by atoms with Crippen LogP contribution in [0.1, 0.15) is 0 Å². The van der Waals surface area contributed by atoms with Gasteiger partial charge in [0.15, 0.2) is 0 Å². The number of carbonyl (C=O) groups excluding carboxylic acids is 2. The quantitative estimate of drug-likeness (QED) is 0.447. The fraction of sp³-hybridized carbons (Fsp3) is 0.333. The van der Waals surface area contributed by atoms with Crippen LogP contribution < -0.4 is 5.43 Å². The van der Waals surface area contributed by atoms with Crippen molar-refractivity contribution in [1.29, 1.82) is 0 Å². The number of carbonyl (C=O) groups is 2. The summed E-state index contributed by atoms with van der Waals surface area (Å²) in [5, 5.41) is 0. The second-order valence-electron chi connectivity index (χ2n) is 1.55. The zero-order valence-corrected chi connectivity index (χ0v) is 4.62. The number of amides is 4. The minimum atomic E-state index is -0.889. The average molecular weight is 130 g/mol. The zero-order chi connectivity index (χ0) is 7.02. The molecule has 0 saturated carbocycles. The van der Waals surface area contributed by atoms with E-state index in [1.165, 1.54) is 7.05 Å². The van der Waals surface area contributed by atoms with Gasteiger partial charge in [0.1, 0.15) is 4.87 Å². The number of hydrogen-bond donors (Lipinski definition) is 1. The molecule has 0 aromatic heterocycles. The van der Waals surface area contributed by atoms with Gasteiger partial charge in [0.2, 0.25) is 0 Å². The van der Waals surface area contributed by atoms with Crippen molar-refractivity contribution >= 4 is 12.1 Å². The first-order valence-corrected chi connectivity index (χ1v) is 2.18. The summed E-state index contributed by atoms with van der Waals surface area (Å²) in [5.41, 5.74) is 1.73. The Hall–Kier alpha value is -1.46. The van der Waals surface area contributed by atoms with Gasteiger partial charge in [-0.15, -0.1) is 10.3 Å². The molecule has 1 N–H and O–H groups in total. The molecule has 0 unspecified atom stereocenters. The lowest BCUT2D eigenvalue weighted by molar-refractivity contribution is -0.488. The summed E-state index contributed by atoms with van der Waals surface area (Å²) < 4.78 is 0. The predicted molar refractivity (Wildman–Crippen MR) is 25.3 cm³/mol. The molecule has 4 amide bonds. The molecule has 6 nitrogen and oxygen atoms in total. The topological polar surface area (TPSA) is 69.5 Å². The van der Waals surface area contributed by atoms with E-state index in [0.717, 1.165) is 0 Å². The molecule has 0 atom stereocenters. The average Bonchev–Trinajstić information content (AvgIpc) is 1.98. The second-order valence-corrected chi connectivity index (χ2v) is 1.55. The van der Waals surface area contributed by atoms with Crippen LogP contribution in [0.2, 0.25) is 0 Å². The largest absolute Gasteiger partial charge is 0.566 e. The van der Waals surface area contributed by atoms with E-state index in [1.54, 1.807) is 5.43 Å². The van der Waals surface area contributed by atoms with Crippen LogP contribution in [0.15, 0.2) is 0 Å². The lowest BCUT2D eigenvalue weighted by Crippen LogP contribution is -2.25. The number of rotatable bonds is 0. The molecule has 0 radical (unpaired) electrons. The highest BCUT2D eigenvalue weighted by molar-refractivity contribution is 5.92. The first-order valence-electron chi connectivity index (χ1n) is 2.18. The van der Waals surface area contributed by atoms with E-state index < -0.39 is 12.1 Å². The molecule has 0 aliphatic carbocycles. The van der Waals surface area contributed by atoms with Gasteiger partial charge in [-0.3, -0.25) is 0 Å². The third kappa shape index (κ3) is 0.638. The Morgan fingerprint density at radius 3 is 2.22 bits per heavy atom. The molecule has 6 heteroatoms. The van der Waals surface area contributed by atoms with Crippen LogP contribution in [0, 0.1) is 4.91 Å². The van der Waals surface area contributed by atoms with Crippen molar-refractivity contribution < 1.29 is 14.5 Å². The number of nitrogens with one attached hydrogen (secondary N) is 1. The van der Waals surface area contributed by atoms with Crippen LogP contribution in [0.3, 0.4) is 0 Å².